The number of ether oxygens (including phenoxy) is 1. The molecule has 0 radical (unpaired) electrons. The summed E-state index contributed by atoms with van der Waals surface area (Å²) in [5.41, 5.74) is 4.04. The number of carbonyl (C=O) groups is 1. The second-order valence-electron chi connectivity index (χ2n) is 7.11. The van der Waals surface area contributed by atoms with Gasteiger partial charge in [-0.05, 0) is 42.3 Å². The predicted molar refractivity (Wildman–Crippen MR) is 118 cm³/mol. The van der Waals surface area contributed by atoms with Gasteiger partial charge in [-0.15, -0.1) is 0 Å². The third-order valence-corrected chi connectivity index (χ3v) is 5.05. The molecule has 156 valence electrons. The number of benzene rings is 3. The highest BCUT2D eigenvalue weighted by Crippen LogP contribution is 2.32. The molecule has 0 bridgehead atoms. The first kappa shape index (κ1) is 20.3. The number of H-pyrrole nitrogens is 1. The first-order chi connectivity index (χ1) is 15.0. The molecule has 1 aromatic heterocycles. The van der Waals surface area contributed by atoms with E-state index < -0.39 is 5.82 Å². The number of aromatic hydroxyl groups is 1. The molecule has 0 fully saturated rings. The number of halogens is 1. The van der Waals surface area contributed by atoms with Crippen molar-refractivity contribution in [2.24, 2.45) is 4.99 Å². The molecule has 6 heteroatoms. The zero-order valence-electron chi connectivity index (χ0n) is 16.9. The average Bonchev–Trinajstić information content (AvgIpc) is 3.11. The molecule has 0 aliphatic heterocycles. The van der Waals surface area contributed by atoms with Crippen molar-refractivity contribution >= 4 is 28.3 Å². The van der Waals surface area contributed by atoms with Gasteiger partial charge in [-0.25, -0.2) is 9.38 Å². The van der Waals surface area contributed by atoms with E-state index in [0.717, 1.165) is 16.8 Å². The highest BCUT2D eigenvalue weighted by molar-refractivity contribution is 6.21. The minimum Gasteiger partial charge on any atom is -0.494 e. The molecule has 4 rings (SSSR count). The molecule has 3 aromatic carbocycles. The summed E-state index contributed by atoms with van der Waals surface area (Å²) < 4.78 is 18.4. The molecule has 4 aromatic rings. The molecule has 2 N–H and O–H groups in total. The smallest absolute Gasteiger partial charge is 0.305 e. The first-order valence-electron chi connectivity index (χ1n) is 9.85. The van der Waals surface area contributed by atoms with Crippen LogP contribution in [-0.2, 0) is 16.0 Å². The lowest BCUT2D eigenvalue weighted by Gasteiger charge is -2.09. The van der Waals surface area contributed by atoms with E-state index in [1.807, 2.05) is 54.6 Å². The normalized spacial score (nSPS) is 11.6. The van der Waals surface area contributed by atoms with Crippen molar-refractivity contribution in [3.8, 4) is 5.88 Å². The lowest BCUT2D eigenvalue weighted by Crippen LogP contribution is -2.04. The van der Waals surface area contributed by atoms with Crippen molar-refractivity contribution in [3.63, 3.8) is 0 Å². The van der Waals surface area contributed by atoms with Crippen molar-refractivity contribution < 1.29 is 19.0 Å². The minimum atomic E-state index is -0.392. The second kappa shape index (κ2) is 8.83. The van der Waals surface area contributed by atoms with Gasteiger partial charge in [0.2, 0.25) is 0 Å². The van der Waals surface area contributed by atoms with Crippen LogP contribution >= 0.6 is 0 Å². The summed E-state index contributed by atoms with van der Waals surface area (Å²) in [5, 5.41) is 11.3. The highest BCUT2D eigenvalue weighted by Gasteiger charge is 2.19. The zero-order valence-corrected chi connectivity index (χ0v) is 16.9. The molecule has 0 saturated heterocycles. The van der Waals surface area contributed by atoms with Crippen LogP contribution in [0.5, 0.6) is 5.88 Å². The van der Waals surface area contributed by atoms with Crippen molar-refractivity contribution in [3.05, 3.63) is 95.3 Å². The van der Waals surface area contributed by atoms with Crippen LogP contribution in [0.1, 0.15) is 23.1 Å². The number of aromatic amines is 1. The number of fused-ring (bicyclic) bond motifs is 1. The topological polar surface area (TPSA) is 74.7 Å². The Morgan fingerprint density at radius 2 is 1.81 bits per heavy atom. The van der Waals surface area contributed by atoms with Crippen LogP contribution in [0.2, 0.25) is 0 Å². The summed E-state index contributed by atoms with van der Waals surface area (Å²) in [6, 6.07) is 21.4. The van der Waals surface area contributed by atoms with Gasteiger partial charge in [-0.1, -0.05) is 42.5 Å². The number of rotatable bonds is 6. The van der Waals surface area contributed by atoms with Crippen LogP contribution in [0.25, 0.3) is 10.9 Å². The monoisotopic (exact) mass is 416 g/mol. The Morgan fingerprint density at radius 3 is 2.52 bits per heavy atom. The molecule has 0 aliphatic carbocycles. The number of aryl methyl sites for hydroxylation is 1. The number of nitrogens with zero attached hydrogens (tertiary/aromatic N) is 1. The van der Waals surface area contributed by atoms with Gasteiger partial charge in [0.1, 0.15) is 5.82 Å². The van der Waals surface area contributed by atoms with Crippen molar-refractivity contribution in [1.29, 1.82) is 0 Å². The van der Waals surface area contributed by atoms with Gasteiger partial charge in [0.05, 0.1) is 29.6 Å². The SMILES string of the molecule is COC(=O)CCc1ccc(C(=Nc2ccccc2)c2c(O)[nH]c3cc(F)ccc23)cc1. The van der Waals surface area contributed by atoms with Crippen LogP contribution in [-0.4, -0.2) is 28.9 Å². The fourth-order valence-corrected chi connectivity index (χ4v) is 3.47. The third kappa shape index (κ3) is 4.48. The summed E-state index contributed by atoms with van der Waals surface area (Å²) >= 11 is 0. The molecule has 0 atom stereocenters. The number of aromatic nitrogens is 1. The molecular formula is C25H21FN2O3. The van der Waals surface area contributed by atoms with Crippen molar-refractivity contribution in [2.75, 3.05) is 7.11 Å². The first-order valence-corrected chi connectivity index (χ1v) is 9.85. The summed E-state index contributed by atoms with van der Waals surface area (Å²) in [6.45, 7) is 0. The molecule has 0 unspecified atom stereocenters. The second-order valence-corrected chi connectivity index (χ2v) is 7.11. The Kier molecular flexibility index (Phi) is 5.80. The van der Waals surface area contributed by atoms with Crippen LogP contribution < -0.4 is 0 Å². The number of nitrogens with one attached hydrogen (secondary N) is 1. The Labute approximate surface area is 178 Å². The number of esters is 1. The number of hydrogen-bond acceptors (Lipinski definition) is 4. The van der Waals surface area contributed by atoms with E-state index in [-0.39, 0.29) is 11.8 Å². The summed E-state index contributed by atoms with van der Waals surface area (Å²) in [6.07, 6.45) is 0.866. The van der Waals surface area contributed by atoms with Crippen LogP contribution in [0, 0.1) is 5.82 Å². The van der Waals surface area contributed by atoms with E-state index in [2.05, 4.69) is 4.98 Å². The molecule has 0 saturated carbocycles. The highest BCUT2D eigenvalue weighted by atomic mass is 19.1. The van der Waals surface area contributed by atoms with Crippen LogP contribution in [0.3, 0.4) is 0 Å². The number of carbonyl (C=O) groups excluding carboxylic acids is 1. The van der Waals surface area contributed by atoms with E-state index in [4.69, 9.17) is 9.73 Å². The maximum atomic E-state index is 13.7. The molecule has 0 spiro atoms. The largest absolute Gasteiger partial charge is 0.494 e. The van der Waals surface area contributed by atoms with Gasteiger partial charge in [-0.3, -0.25) is 4.79 Å². The van der Waals surface area contributed by atoms with Crippen molar-refractivity contribution in [1.82, 2.24) is 4.98 Å². The summed E-state index contributed by atoms with van der Waals surface area (Å²) in [5.74, 6) is -0.729. The lowest BCUT2D eigenvalue weighted by atomic mass is 9.98. The lowest BCUT2D eigenvalue weighted by molar-refractivity contribution is -0.140. The van der Waals surface area contributed by atoms with E-state index in [1.54, 1.807) is 6.07 Å². The van der Waals surface area contributed by atoms with Gasteiger partial charge < -0.3 is 14.8 Å². The predicted octanol–water partition coefficient (Wildman–Crippen LogP) is 5.29. The molecule has 31 heavy (non-hydrogen) atoms. The van der Waals surface area contributed by atoms with Gasteiger partial charge in [0.25, 0.3) is 0 Å². The number of para-hydroxylation sites is 1. The maximum Gasteiger partial charge on any atom is 0.305 e. The Bertz CT molecular complexity index is 1250. The Balaban J connectivity index is 1.79. The summed E-state index contributed by atoms with van der Waals surface area (Å²) in [7, 11) is 1.37. The van der Waals surface area contributed by atoms with E-state index in [0.29, 0.717) is 35.0 Å². The standard InChI is InChI=1S/C25H21FN2O3/c1-31-22(29)14-9-16-7-10-17(11-8-16)24(27-19-5-3-2-4-6-19)23-20-13-12-18(26)15-21(20)28-25(23)30/h2-8,10-13,15,28,30H,9,14H2,1H3. The van der Waals surface area contributed by atoms with E-state index >= 15 is 0 Å². The Hall–Kier alpha value is -3.93. The number of aliphatic imine (C=N–C) groups is 1. The average molecular weight is 416 g/mol. The van der Waals surface area contributed by atoms with Gasteiger partial charge >= 0.3 is 5.97 Å². The molecule has 0 amide bonds. The Morgan fingerprint density at radius 1 is 1.06 bits per heavy atom. The van der Waals surface area contributed by atoms with E-state index in [1.165, 1.54) is 19.2 Å². The fourth-order valence-electron chi connectivity index (χ4n) is 3.47. The van der Waals surface area contributed by atoms with Gasteiger partial charge in [-0.2, -0.15) is 0 Å². The molecule has 5 nitrogen and oxygen atoms in total. The van der Waals surface area contributed by atoms with Gasteiger partial charge in [0.15, 0.2) is 5.88 Å². The molecule has 1 heterocycles. The molecule has 0 aliphatic rings. The van der Waals surface area contributed by atoms with E-state index in [9.17, 15) is 14.3 Å². The third-order valence-electron chi connectivity index (χ3n) is 5.05. The van der Waals surface area contributed by atoms with Crippen molar-refractivity contribution in [2.45, 2.75) is 12.8 Å². The molecular weight excluding hydrogens is 395 g/mol. The maximum absolute atomic E-state index is 13.7. The van der Waals surface area contributed by atoms with Crippen LogP contribution in [0.15, 0.2) is 77.8 Å². The number of hydrogen-bond donors (Lipinski definition) is 2. The summed E-state index contributed by atoms with van der Waals surface area (Å²) in [4.78, 5) is 19.0. The van der Waals surface area contributed by atoms with Crippen LogP contribution in [0.4, 0.5) is 10.1 Å². The fraction of sp³-hybridized carbons (Fsp3) is 0.120. The zero-order chi connectivity index (χ0) is 21.8. The number of methoxy groups -OCH3 is 1. The quantitative estimate of drug-likeness (QED) is 0.331. The minimum absolute atomic E-state index is 0.0787. The van der Waals surface area contributed by atoms with Gasteiger partial charge in [0, 0.05) is 17.4 Å².